The SMILES string of the molecule is O=C(Cc1csc(-c2cccc(Cl)c2)n1)N(Cc1ccco1)[C@H]1CCS(=O)(=O)C1. The van der Waals surface area contributed by atoms with Crippen LogP contribution in [0.15, 0.2) is 52.5 Å². The van der Waals surface area contributed by atoms with Crippen LogP contribution in [0.25, 0.3) is 10.6 Å². The first-order chi connectivity index (χ1) is 13.9. The van der Waals surface area contributed by atoms with Crippen LogP contribution in [0.5, 0.6) is 0 Å². The first-order valence-corrected chi connectivity index (χ1v) is 12.2. The average Bonchev–Trinajstić information content (AvgIpc) is 3.41. The van der Waals surface area contributed by atoms with Crippen molar-refractivity contribution in [1.29, 1.82) is 0 Å². The molecule has 0 radical (unpaired) electrons. The molecule has 1 amide bonds. The number of thiazole rings is 1. The molecule has 3 heterocycles. The van der Waals surface area contributed by atoms with Gasteiger partial charge in [-0.15, -0.1) is 11.3 Å². The van der Waals surface area contributed by atoms with E-state index in [4.69, 9.17) is 16.0 Å². The van der Waals surface area contributed by atoms with Gasteiger partial charge in [0.2, 0.25) is 5.91 Å². The largest absolute Gasteiger partial charge is 0.467 e. The van der Waals surface area contributed by atoms with Gasteiger partial charge in [0.1, 0.15) is 10.8 Å². The number of furan rings is 1. The summed E-state index contributed by atoms with van der Waals surface area (Å²) in [6.07, 6.45) is 2.09. The molecule has 152 valence electrons. The summed E-state index contributed by atoms with van der Waals surface area (Å²) in [5.74, 6) is 0.562. The lowest BCUT2D eigenvalue weighted by Gasteiger charge is -2.27. The summed E-state index contributed by atoms with van der Waals surface area (Å²) in [7, 11) is -3.11. The van der Waals surface area contributed by atoms with E-state index in [9.17, 15) is 13.2 Å². The molecule has 2 aromatic heterocycles. The van der Waals surface area contributed by atoms with Crippen molar-refractivity contribution in [2.75, 3.05) is 11.5 Å². The monoisotopic (exact) mass is 450 g/mol. The van der Waals surface area contributed by atoms with Crippen LogP contribution in [-0.2, 0) is 27.6 Å². The van der Waals surface area contributed by atoms with Gasteiger partial charge in [-0.3, -0.25) is 4.79 Å². The van der Waals surface area contributed by atoms with Crippen LogP contribution in [-0.4, -0.2) is 41.8 Å². The van der Waals surface area contributed by atoms with Gasteiger partial charge in [0.15, 0.2) is 9.84 Å². The van der Waals surface area contributed by atoms with Crippen molar-refractivity contribution in [2.24, 2.45) is 0 Å². The van der Waals surface area contributed by atoms with Gasteiger partial charge in [0, 0.05) is 22.0 Å². The third-order valence-corrected chi connectivity index (χ3v) is 7.76. The summed E-state index contributed by atoms with van der Waals surface area (Å²) in [6, 6.07) is 10.6. The van der Waals surface area contributed by atoms with E-state index in [-0.39, 0.29) is 36.4 Å². The maximum atomic E-state index is 13.1. The third kappa shape index (κ3) is 4.88. The van der Waals surface area contributed by atoms with E-state index >= 15 is 0 Å². The summed E-state index contributed by atoms with van der Waals surface area (Å²) >= 11 is 7.50. The Balaban J connectivity index is 1.52. The van der Waals surface area contributed by atoms with Gasteiger partial charge >= 0.3 is 0 Å². The molecule has 1 fully saturated rings. The number of rotatable bonds is 6. The van der Waals surface area contributed by atoms with Crippen molar-refractivity contribution >= 4 is 38.7 Å². The second-order valence-corrected chi connectivity index (χ2v) is 10.5. The zero-order chi connectivity index (χ0) is 20.4. The number of hydrogen-bond donors (Lipinski definition) is 0. The first-order valence-electron chi connectivity index (χ1n) is 9.12. The van der Waals surface area contributed by atoms with Gasteiger partial charge in [0.05, 0.1) is 36.4 Å². The van der Waals surface area contributed by atoms with E-state index in [2.05, 4.69) is 4.98 Å². The summed E-state index contributed by atoms with van der Waals surface area (Å²) in [5, 5.41) is 3.27. The Morgan fingerprint density at radius 3 is 2.86 bits per heavy atom. The average molecular weight is 451 g/mol. The van der Waals surface area contributed by atoms with Gasteiger partial charge in [-0.25, -0.2) is 13.4 Å². The molecule has 0 bridgehead atoms. The standard InChI is InChI=1S/C20H19ClN2O4S2/c21-15-4-1-3-14(9-15)20-22-16(12-28-20)10-19(24)23(11-18-5-2-7-27-18)17-6-8-29(25,26)13-17/h1-5,7,9,12,17H,6,8,10-11,13H2/t17-/m0/s1. The van der Waals surface area contributed by atoms with Gasteiger partial charge < -0.3 is 9.32 Å². The molecule has 0 N–H and O–H groups in total. The molecular formula is C20H19ClN2O4S2. The maximum absolute atomic E-state index is 13.1. The molecule has 4 rings (SSSR count). The Kier molecular flexibility index (Phi) is 5.76. The number of sulfone groups is 1. The number of nitrogens with zero attached hydrogens (tertiary/aromatic N) is 2. The number of aromatic nitrogens is 1. The van der Waals surface area contributed by atoms with Crippen molar-refractivity contribution in [3.63, 3.8) is 0 Å². The molecule has 29 heavy (non-hydrogen) atoms. The number of amides is 1. The van der Waals surface area contributed by atoms with E-state index in [0.717, 1.165) is 10.6 Å². The van der Waals surface area contributed by atoms with Crippen LogP contribution in [0.4, 0.5) is 0 Å². The van der Waals surface area contributed by atoms with Crippen LogP contribution in [0.1, 0.15) is 17.9 Å². The highest BCUT2D eigenvalue weighted by Crippen LogP contribution is 2.27. The highest BCUT2D eigenvalue weighted by atomic mass is 35.5. The van der Waals surface area contributed by atoms with Crippen LogP contribution in [0.2, 0.25) is 5.02 Å². The van der Waals surface area contributed by atoms with E-state index in [1.165, 1.54) is 11.3 Å². The first kappa shape index (κ1) is 20.1. The Morgan fingerprint density at radius 2 is 2.17 bits per heavy atom. The lowest BCUT2D eigenvalue weighted by Crippen LogP contribution is -2.41. The minimum Gasteiger partial charge on any atom is -0.467 e. The molecule has 0 unspecified atom stereocenters. The lowest BCUT2D eigenvalue weighted by atomic mass is 10.2. The molecule has 1 aromatic carbocycles. The minimum absolute atomic E-state index is 0.00964. The quantitative estimate of drug-likeness (QED) is 0.570. The normalized spacial score (nSPS) is 18.0. The van der Waals surface area contributed by atoms with Crippen molar-refractivity contribution in [3.05, 3.63) is 64.5 Å². The zero-order valence-corrected chi connectivity index (χ0v) is 17.8. The summed E-state index contributed by atoms with van der Waals surface area (Å²) < 4.78 is 29.2. The summed E-state index contributed by atoms with van der Waals surface area (Å²) in [5.41, 5.74) is 1.55. The van der Waals surface area contributed by atoms with E-state index in [0.29, 0.717) is 22.9 Å². The number of benzene rings is 1. The fourth-order valence-electron chi connectivity index (χ4n) is 3.41. The van der Waals surface area contributed by atoms with Crippen molar-refractivity contribution in [3.8, 4) is 10.6 Å². The Bertz CT molecular complexity index is 1110. The fraction of sp³-hybridized carbons (Fsp3) is 0.300. The molecule has 0 aliphatic carbocycles. The molecule has 9 heteroatoms. The molecule has 6 nitrogen and oxygen atoms in total. The highest BCUT2D eigenvalue weighted by molar-refractivity contribution is 7.91. The molecule has 1 saturated heterocycles. The maximum Gasteiger partial charge on any atom is 0.229 e. The Morgan fingerprint density at radius 1 is 1.31 bits per heavy atom. The van der Waals surface area contributed by atoms with Crippen molar-refractivity contribution in [1.82, 2.24) is 9.88 Å². The smallest absolute Gasteiger partial charge is 0.229 e. The second-order valence-electron chi connectivity index (χ2n) is 6.99. The molecule has 1 aliphatic rings. The number of carbonyl (C=O) groups is 1. The minimum atomic E-state index is -3.11. The Hall–Kier alpha value is -2.16. The second kappa shape index (κ2) is 8.30. The van der Waals surface area contributed by atoms with Gasteiger partial charge in [-0.05, 0) is 30.7 Å². The van der Waals surface area contributed by atoms with Gasteiger partial charge in [0.25, 0.3) is 0 Å². The molecular weight excluding hydrogens is 432 g/mol. The summed E-state index contributed by atoms with van der Waals surface area (Å²) in [6.45, 7) is 0.247. The van der Waals surface area contributed by atoms with Crippen LogP contribution >= 0.6 is 22.9 Å². The highest BCUT2D eigenvalue weighted by Gasteiger charge is 2.35. The molecule has 1 atom stereocenters. The van der Waals surface area contributed by atoms with Gasteiger partial charge in [-0.2, -0.15) is 0 Å². The van der Waals surface area contributed by atoms with Crippen LogP contribution in [0.3, 0.4) is 0 Å². The summed E-state index contributed by atoms with van der Waals surface area (Å²) in [4.78, 5) is 19.2. The zero-order valence-electron chi connectivity index (χ0n) is 15.5. The Labute approximate surface area is 178 Å². The fourth-order valence-corrected chi connectivity index (χ4v) is 6.15. The van der Waals surface area contributed by atoms with Crippen molar-refractivity contribution in [2.45, 2.75) is 25.4 Å². The number of hydrogen-bond acceptors (Lipinski definition) is 6. The predicted octanol–water partition coefficient (Wildman–Crippen LogP) is 3.81. The lowest BCUT2D eigenvalue weighted by molar-refractivity contribution is -0.133. The third-order valence-electron chi connectivity index (χ3n) is 4.83. The van der Waals surface area contributed by atoms with Crippen LogP contribution in [0, 0.1) is 0 Å². The van der Waals surface area contributed by atoms with E-state index in [1.54, 1.807) is 29.4 Å². The molecule has 1 aliphatic heterocycles. The number of halogens is 1. The van der Waals surface area contributed by atoms with Gasteiger partial charge in [-0.1, -0.05) is 23.7 Å². The molecule has 3 aromatic rings. The molecule has 0 saturated carbocycles. The van der Waals surface area contributed by atoms with Crippen LogP contribution < -0.4 is 0 Å². The van der Waals surface area contributed by atoms with E-state index < -0.39 is 9.84 Å². The predicted molar refractivity (Wildman–Crippen MR) is 113 cm³/mol. The number of carbonyl (C=O) groups excluding carboxylic acids is 1. The molecule has 0 spiro atoms. The van der Waals surface area contributed by atoms with Crippen molar-refractivity contribution < 1.29 is 17.6 Å². The van der Waals surface area contributed by atoms with E-state index in [1.807, 2.05) is 23.6 Å². The topological polar surface area (TPSA) is 80.5 Å².